The van der Waals surface area contributed by atoms with Gasteiger partial charge in [-0.1, -0.05) is 30.3 Å². The topological polar surface area (TPSA) is 32.8 Å². The van der Waals surface area contributed by atoms with Crippen molar-refractivity contribution in [3.63, 3.8) is 0 Å². The van der Waals surface area contributed by atoms with E-state index >= 15 is 0 Å². The third kappa shape index (κ3) is 4.71. The summed E-state index contributed by atoms with van der Waals surface area (Å²) in [4.78, 5) is 17.5. The van der Waals surface area contributed by atoms with Crippen molar-refractivity contribution in [3.8, 4) is 5.75 Å². The Morgan fingerprint density at radius 2 is 1.74 bits per heavy atom. The molecule has 0 atom stereocenters. The predicted octanol–water partition coefficient (Wildman–Crippen LogP) is 4.50. The number of hydrogen-bond acceptors (Lipinski definition) is 3. The molecule has 2 aromatic carbocycles. The Morgan fingerprint density at radius 3 is 2.37 bits per heavy atom. The molecule has 0 bridgehead atoms. The summed E-state index contributed by atoms with van der Waals surface area (Å²) >= 11 is 3.57. The van der Waals surface area contributed by atoms with Crippen LogP contribution in [0.2, 0.25) is 0 Å². The quantitative estimate of drug-likeness (QED) is 0.699. The van der Waals surface area contributed by atoms with Crippen LogP contribution in [0.15, 0.2) is 46.9 Å². The lowest BCUT2D eigenvalue weighted by molar-refractivity contribution is 0.0593. The molecule has 0 spiro atoms. The van der Waals surface area contributed by atoms with Crippen LogP contribution in [0.1, 0.15) is 35.3 Å². The lowest BCUT2D eigenvalue weighted by Crippen LogP contribution is -2.50. The second-order valence-electron chi connectivity index (χ2n) is 7.24. The second kappa shape index (κ2) is 8.89. The zero-order valence-corrected chi connectivity index (χ0v) is 17.8. The minimum atomic E-state index is 0.0768. The van der Waals surface area contributed by atoms with Crippen molar-refractivity contribution in [2.75, 3.05) is 26.2 Å². The van der Waals surface area contributed by atoms with Crippen molar-refractivity contribution < 1.29 is 9.53 Å². The number of hydrogen-bond donors (Lipinski definition) is 0. The zero-order chi connectivity index (χ0) is 19.4. The van der Waals surface area contributed by atoms with Crippen molar-refractivity contribution in [1.29, 1.82) is 0 Å². The molecule has 1 fully saturated rings. The Morgan fingerprint density at radius 1 is 1.07 bits per heavy atom. The van der Waals surface area contributed by atoms with Gasteiger partial charge in [-0.2, -0.15) is 0 Å². The van der Waals surface area contributed by atoms with E-state index in [4.69, 9.17) is 4.74 Å². The normalized spacial score (nSPS) is 15.2. The molecule has 1 heterocycles. The lowest BCUT2D eigenvalue weighted by atomic mass is 10.1. The van der Waals surface area contributed by atoms with E-state index < -0.39 is 0 Å². The summed E-state index contributed by atoms with van der Waals surface area (Å²) < 4.78 is 6.83. The van der Waals surface area contributed by atoms with Gasteiger partial charge in [-0.3, -0.25) is 9.69 Å². The standard InChI is InChI=1S/C22H27BrN2O2/c1-16(2)24-11-13-25(14-12-24)22(26)21-17(3)20(10-9-19(21)23)27-15-18-7-5-4-6-8-18/h4-10,16H,11-15H2,1-3H3. The van der Waals surface area contributed by atoms with Crippen molar-refractivity contribution in [2.45, 2.75) is 33.4 Å². The molecule has 144 valence electrons. The third-order valence-electron chi connectivity index (χ3n) is 5.15. The number of carbonyl (C=O) groups excluding carboxylic acids is 1. The van der Waals surface area contributed by atoms with Gasteiger partial charge in [-0.25, -0.2) is 0 Å². The molecule has 5 heteroatoms. The van der Waals surface area contributed by atoms with Crippen LogP contribution in [0.3, 0.4) is 0 Å². The average molecular weight is 431 g/mol. The summed E-state index contributed by atoms with van der Waals surface area (Å²) in [5.74, 6) is 0.833. The molecule has 0 radical (unpaired) electrons. The maximum absolute atomic E-state index is 13.2. The Kier molecular flexibility index (Phi) is 6.55. The maximum atomic E-state index is 13.2. The van der Waals surface area contributed by atoms with Gasteiger partial charge >= 0.3 is 0 Å². The van der Waals surface area contributed by atoms with Crippen LogP contribution < -0.4 is 4.74 Å². The summed E-state index contributed by atoms with van der Waals surface area (Å²) in [5, 5.41) is 0. The van der Waals surface area contributed by atoms with Gasteiger partial charge in [0.25, 0.3) is 5.91 Å². The number of piperazine rings is 1. The molecule has 27 heavy (non-hydrogen) atoms. The van der Waals surface area contributed by atoms with E-state index in [9.17, 15) is 4.79 Å². The van der Waals surface area contributed by atoms with E-state index in [2.05, 4.69) is 34.7 Å². The molecule has 3 rings (SSSR count). The first-order chi connectivity index (χ1) is 13.0. The second-order valence-corrected chi connectivity index (χ2v) is 8.10. The highest BCUT2D eigenvalue weighted by Gasteiger charge is 2.26. The van der Waals surface area contributed by atoms with E-state index in [1.165, 1.54) is 0 Å². The fourth-order valence-electron chi connectivity index (χ4n) is 3.41. The highest BCUT2D eigenvalue weighted by atomic mass is 79.9. The number of amides is 1. The SMILES string of the molecule is Cc1c(OCc2ccccc2)ccc(Br)c1C(=O)N1CCN(C(C)C)CC1. The van der Waals surface area contributed by atoms with Crippen molar-refractivity contribution in [3.05, 3.63) is 63.6 Å². The first-order valence-electron chi connectivity index (χ1n) is 9.46. The van der Waals surface area contributed by atoms with Crippen LogP contribution in [-0.2, 0) is 6.61 Å². The average Bonchev–Trinajstić information content (AvgIpc) is 2.68. The molecule has 1 aliphatic rings. The zero-order valence-electron chi connectivity index (χ0n) is 16.2. The van der Waals surface area contributed by atoms with E-state index in [-0.39, 0.29) is 5.91 Å². The molecule has 0 saturated carbocycles. The summed E-state index contributed by atoms with van der Waals surface area (Å²) in [5.41, 5.74) is 2.70. The summed E-state index contributed by atoms with van der Waals surface area (Å²) in [6, 6.07) is 14.4. The van der Waals surface area contributed by atoms with Gasteiger partial charge in [0.05, 0.1) is 5.56 Å². The minimum Gasteiger partial charge on any atom is -0.489 e. The Bertz CT molecular complexity index is 784. The monoisotopic (exact) mass is 430 g/mol. The van der Waals surface area contributed by atoms with Crippen LogP contribution in [-0.4, -0.2) is 47.9 Å². The van der Waals surface area contributed by atoms with Gasteiger partial charge in [0, 0.05) is 42.3 Å². The largest absolute Gasteiger partial charge is 0.489 e. The Hall–Kier alpha value is -1.85. The minimum absolute atomic E-state index is 0.0768. The number of ether oxygens (including phenoxy) is 1. The molecule has 0 N–H and O–H groups in total. The molecular weight excluding hydrogens is 404 g/mol. The number of benzene rings is 2. The Labute approximate surface area is 170 Å². The molecule has 0 aromatic heterocycles. The van der Waals surface area contributed by atoms with Crippen LogP contribution in [0.5, 0.6) is 5.75 Å². The van der Waals surface area contributed by atoms with Gasteiger partial charge in [0.15, 0.2) is 0 Å². The van der Waals surface area contributed by atoms with E-state index in [1.807, 2.05) is 54.3 Å². The lowest BCUT2D eigenvalue weighted by Gasteiger charge is -2.37. The predicted molar refractivity (Wildman–Crippen MR) is 112 cm³/mol. The highest BCUT2D eigenvalue weighted by Crippen LogP contribution is 2.30. The van der Waals surface area contributed by atoms with Crippen LogP contribution >= 0.6 is 15.9 Å². The molecule has 0 unspecified atom stereocenters. The Balaban J connectivity index is 1.74. The van der Waals surface area contributed by atoms with Gasteiger partial charge in [-0.05, 0) is 54.4 Å². The van der Waals surface area contributed by atoms with Crippen molar-refractivity contribution in [2.24, 2.45) is 0 Å². The van der Waals surface area contributed by atoms with E-state index in [0.29, 0.717) is 18.2 Å². The molecule has 4 nitrogen and oxygen atoms in total. The third-order valence-corrected chi connectivity index (χ3v) is 5.81. The summed E-state index contributed by atoms with van der Waals surface area (Å²) in [6.07, 6.45) is 0. The first-order valence-corrected chi connectivity index (χ1v) is 10.3. The highest BCUT2D eigenvalue weighted by molar-refractivity contribution is 9.10. The van der Waals surface area contributed by atoms with Gasteiger partial charge in [-0.15, -0.1) is 0 Å². The number of rotatable bonds is 5. The molecule has 2 aromatic rings. The van der Waals surface area contributed by atoms with E-state index in [0.717, 1.165) is 47.5 Å². The van der Waals surface area contributed by atoms with Crippen LogP contribution in [0.25, 0.3) is 0 Å². The van der Waals surface area contributed by atoms with Crippen molar-refractivity contribution >= 4 is 21.8 Å². The first kappa shape index (κ1) is 19.9. The smallest absolute Gasteiger partial charge is 0.255 e. The molecule has 1 saturated heterocycles. The van der Waals surface area contributed by atoms with Gasteiger partial charge in [0.1, 0.15) is 12.4 Å². The fraction of sp³-hybridized carbons (Fsp3) is 0.409. The molecule has 1 amide bonds. The number of halogens is 1. The molecule has 0 aliphatic carbocycles. The fourth-order valence-corrected chi connectivity index (χ4v) is 4.01. The van der Waals surface area contributed by atoms with Crippen LogP contribution in [0.4, 0.5) is 0 Å². The van der Waals surface area contributed by atoms with Gasteiger partial charge in [0.2, 0.25) is 0 Å². The van der Waals surface area contributed by atoms with E-state index in [1.54, 1.807) is 0 Å². The maximum Gasteiger partial charge on any atom is 0.255 e. The number of nitrogens with zero attached hydrogens (tertiary/aromatic N) is 2. The summed E-state index contributed by atoms with van der Waals surface area (Å²) in [7, 11) is 0. The summed E-state index contributed by atoms with van der Waals surface area (Å²) in [6.45, 7) is 10.2. The number of carbonyl (C=O) groups is 1. The molecule has 1 aliphatic heterocycles. The van der Waals surface area contributed by atoms with Gasteiger partial charge < -0.3 is 9.64 Å². The van der Waals surface area contributed by atoms with Crippen LogP contribution in [0, 0.1) is 6.92 Å². The molecular formula is C22H27BrN2O2. The van der Waals surface area contributed by atoms with Crippen molar-refractivity contribution in [1.82, 2.24) is 9.80 Å².